The number of hydrogen-bond acceptors (Lipinski definition) is 6. The van der Waals surface area contributed by atoms with E-state index in [4.69, 9.17) is 4.74 Å². The summed E-state index contributed by atoms with van der Waals surface area (Å²) in [5.41, 5.74) is 3.70. The second-order valence-corrected chi connectivity index (χ2v) is 7.95. The van der Waals surface area contributed by atoms with Crippen LogP contribution in [-0.2, 0) is 4.74 Å². The highest BCUT2D eigenvalue weighted by molar-refractivity contribution is 5.93. The Hall–Kier alpha value is -1.93. The second kappa shape index (κ2) is 9.05. The molecule has 0 N–H and O–H groups in total. The molecule has 0 atom stereocenters. The predicted octanol–water partition coefficient (Wildman–Crippen LogP) is 2.36. The predicted molar refractivity (Wildman–Crippen MR) is 114 cm³/mol. The van der Waals surface area contributed by atoms with Crippen molar-refractivity contribution in [2.24, 2.45) is 0 Å². The van der Waals surface area contributed by atoms with Crippen LogP contribution in [0.25, 0.3) is 5.52 Å². The minimum atomic E-state index is -0.296. The Morgan fingerprint density at radius 1 is 0.893 bits per heavy atom. The number of carbonyl (C=O) groups excluding carboxylic acids is 1. The second-order valence-electron chi connectivity index (χ2n) is 7.95. The monoisotopic (exact) mass is 389 g/mol. The van der Waals surface area contributed by atoms with Gasteiger partial charge in [-0.15, -0.1) is 0 Å². The molecule has 0 spiro atoms. The van der Waals surface area contributed by atoms with Gasteiger partial charge < -0.3 is 9.14 Å². The Kier molecular flexibility index (Phi) is 7.22. The van der Waals surface area contributed by atoms with E-state index >= 15 is 0 Å². The molecular formula is C21H35N5O2. The molecule has 28 heavy (non-hydrogen) atoms. The Morgan fingerprint density at radius 2 is 1.39 bits per heavy atom. The molecule has 0 aromatic carbocycles. The highest BCUT2D eigenvalue weighted by atomic mass is 16.5. The van der Waals surface area contributed by atoms with Gasteiger partial charge in [0.15, 0.2) is 0 Å². The quantitative estimate of drug-likeness (QED) is 0.510. The van der Waals surface area contributed by atoms with Gasteiger partial charge in [-0.2, -0.15) is 0 Å². The van der Waals surface area contributed by atoms with E-state index < -0.39 is 0 Å². The lowest BCUT2D eigenvalue weighted by molar-refractivity contribution is 0.0506. The van der Waals surface area contributed by atoms with Gasteiger partial charge in [0.25, 0.3) is 0 Å². The molecule has 0 saturated heterocycles. The van der Waals surface area contributed by atoms with Gasteiger partial charge in [0.2, 0.25) is 0 Å². The number of aromatic nitrogens is 1. The maximum Gasteiger partial charge on any atom is 0.355 e. The number of carbonyl (C=O) groups is 1. The molecule has 2 heterocycles. The normalized spacial score (nSPS) is 12.5. The Morgan fingerprint density at radius 3 is 1.86 bits per heavy atom. The molecule has 0 aliphatic heterocycles. The summed E-state index contributed by atoms with van der Waals surface area (Å²) >= 11 is 0. The van der Waals surface area contributed by atoms with E-state index in [1.165, 1.54) is 0 Å². The lowest BCUT2D eigenvalue weighted by Crippen LogP contribution is -2.37. The standard InChI is InChI=1S/C21H35N5O2/c1-10-28-21(27)18-17(20(24(6)7)25(8)9)16(19(22(2)3)23(4)5)15-13-11-12-14-26(15)18/h11-14,19-20H,10H2,1-9H3. The van der Waals surface area contributed by atoms with Crippen LogP contribution in [0.1, 0.15) is 40.9 Å². The molecule has 7 nitrogen and oxygen atoms in total. The maximum absolute atomic E-state index is 13.1. The molecule has 7 heteroatoms. The summed E-state index contributed by atoms with van der Waals surface area (Å²) in [5.74, 6) is -0.296. The number of pyridine rings is 1. The molecular weight excluding hydrogens is 354 g/mol. The van der Waals surface area contributed by atoms with Gasteiger partial charge in [-0.25, -0.2) is 4.79 Å². The largest absolute Gasteiger partial charge is 0.461 e. The summed E-state index contributed by atoms with van der Waals surface area (Å²) < 4.78 is 7.45. The highest BCUT2D eigenvalue weighted by Gasteiger charge is 2.36. The lowest BCUT2D eigenvalue weighted by atomic mass is 10.0. The smallest absolute Gasteiger partial charge is 0.355 e. The first kappa shape index (κ1) is 22.4. The third-order valence-electron chi connectivity index (χ3n) is 4.86. The van der Waals surface area contributed by atoms with E-state index in [0.717, 1.165) is 16.6 Å². The number of fused-ring (bicyclic) bond motifs is 1. The average Bonchev–Trinajstić information content (AvgIpc) is 2.89. The van der Waals surface area contributed by atoms with Crippen LogP contribution in [-0.4, -0.2) is 93.0 Å². The van der Waals surface area contributed by atoms with E-state index in [1.807, 2.05) is 57.8 Å². The zero-order valence-electron chi connectivity index (χ0n) is 18.7. The molecule has 2 aromatic rings. The van der Waals surface area contributed by atoms with Crippen LogP contribution in [0.5, 0.6) is 0 Å². The molecule has 156 valence electrons. The molecule has 0 unspecified atom stereocenters. The van der Waals surface area contributed by atoms with E-state index in [1.54, 1.807) is 0 Å². The van der Waals surface area contributed by atoms with Crippen molar-refractivity contribution in [1.82, 2.24) is 24.0 Å². The first-order valence-corrected chi connectivity index (χ1v) is 9.59. The molecule has 0 bridgehead atoms. The average molecular weight is 390 g/mol. The van der Waals surface area contributed by atoms with Crippen molar-refractivity contribution >= 4 is 11.5 Å². The van der Waals surface area contributed by atoms with Crippen LogP contribution in [0, 0.1) is 0 Å². The van der Waals surface area contributed by atoms with Crippen LogP contribution >= 0.6 is 0 Å². The van der Waals surface area contributed by atoms with Gasteiger partial charge in [0, 0.05) is 17.3 Å². The number of nitrogens with zero attached hydrogens (tertiary/aromatic N) is 5. The summed E-state index contributed by atoms with van der Waals surface area (Å²) in [4.78, 5) is 21.7. The van der Waals surface area contributed by atoms with Crippen molar-refractivity contribution in [2.45, 2.75) is 19.3 Å². The van der Waals surface area contributed by atoms with Crippen molar-refractivity contribution in [2.75, 3.05) is 63.0 Å². The Labute approximate surface area is 169 Å². The zero-order chi connectivity index (χ0) is 21.2. The van der Waals surface area contributed by atoms with Crippen molar-refractivity contribution in [3.8, 4) is 0 Å². The third-order valence-corrected chi connectivity index (χ3v) is 4.86. The summed E-state index contributed by atoms with van der Waals surface area (Å²) in [6.07, 6.45) is 1.86. The third kappa shape index (κ3) is 4.07. The molecule has 0 radical (unpaired) electrons. The summed E-state index contributed by atoms with van der Waals surface area (Å²) in [5, 5.41) is 0. The summed E-state index contributed by atoms with van der Waals surface area (Å²) in [7, 11) is 16.4. The number of rotatable bonds is 8. The van der Waals surface area contributed by atoms with E-state index in [0.29, 0.717) is 12.3 Å². The molecule has 0 aliphatic carbocycles. The molecule has 2 rings (SSSR count). The number of ether oxygens (including phenoxy) is 1. The first-order chi connectivity index (χ1) is 13.1. The topological polar surface area (TPSA) is 43.7 Å². The Balaban J connectivity index is 3.00. The van der Waals surface area contributed by atoms with Gasteiger partial charge in [0.05, 0.1) is 24.5 Å². The molecule has 0 saturated carbocycles. The summed E-state index contributed by atoms with van der Waals surface area (Å²) in [6, 6.07) is 6.04. The van der Waals surface area contributed by atoms with Crippen LogP contribution < -0.4 is 0 Å². The fraction of sp³-hybridized carbons (Fsp3) is 0.571. The number of esters is 1. The number of hydrogen-bond donors (Lipinski definition) is 0. The van der Waals surface area contributed by atoms with E-state index in [-0.39, 0.29) is 18.3 Å². The van der Waals surface area contributed by atoms with Gasteiger partial charge >= 0.3 is 5.97 Å². The fourth-order valence-electron chi connectivity index (χ4n) is 4.15. The van der Waals surface area contributed by atoms with Crippen LogP contribution in [0.3, 0.4) is 0 Å². The van der Waals surface area contributed by atoms with Crippen molar-refractivity contribution in [1.29, 1.82) is 0 Å². The highest BCUT2D eigenvalue weighted by Crippen LogP contribution is 2.39. The SMILES string of the molecule is CCOC(=O)c1c(C(N(C)C)N(C)C)c(C(N(C)C)N(C)C)c2ccccn12. The van der Waals surface area contributed by atoms with Crippen molar-refractivity contribution in [3.05, 3.63) is 41.2 Å². The van der Waals surface area contributed by atoms with Gasteiger partial charge in [-0.3, -0.25) is 19.6 Å². The molecule has 0 fully saturated rings. The minimum absolute atomic E-state index is 0.00187. The van der Waals surface area contributed by atoms with Gasteiger partial charge in [-0.1, -0.05) is 6.07 Å². The van der Waals surface area contributed by atoms with Crippen LogP contribution in [0.2, 0.25) is 0 Å². The first-order valence-electron chi connectivity index (χ1n) is 9.59. The van der Waals surface area contributed by atoms with Gasteiger partial charge in [0.1, 0.15) is 5.69 Å². The molecule has 0 amide bonds. The van der Waals surface area contributed by atoms with Crippen LogP contribution in [0.15, 0.2) is 24.4 Å². The van der Waals surface area contributed by atoms with E-state index in [9.17, 15) is 4.79 Å². The van der Waals surface area contributed by atoms with Crippen molar-refractivity contribution < 1.29 is 9.53 Å². The lowest BCUT2D eigenvalue weighted by Gasteiger charge is -2.36. The summed E-state index contributed by atoms with van der Waals surface area (Å²) in [6.45, 7) is 2.18. The van der Waals surface area contributed by atoms with Gasteiger partial charge in [-0.05, 0) is 75.4 Å². The minimum Gasteiger partial charge on any atom is -0.461 e. The molecule has 0 aliphatic rings. The molecule has 2 aromatic heterocycles. The fourth-order valence-corrected chi connectivity index (χ4v) is 4.15. The van der Waals surface area contributed by atoms with Crippen molar-refractivity contribution in [3.63, 3.8) is 0 Å². The zero-order valence-corrected chi connectivity index (χ0v) is 18.7. The Bertz CT molecular complexity index is 794. The van der Waals surface area contributed by atoms with Crippen LogP contribution in [0.4, 0.5) is 0 Å². The maximum atomic E-state index is 13.1. The van der Waals surface area contributed by atoms with E-state index in [2.05, 4.69) is 53.9 Å².